The number of carbonyl (C=O) groups excluding carboxylic acids is 1. The van der Waals surface area contributed by atoms with Gasteiger partial charge < -0.3 is 10.5 Å². The third-order valence-corrected chi connectivity index (χ3v) is 4.17. The van der Waals surface area contributed by atoms with Gasteiger partial charge >= 0.3 is 5.97 Å². The number of benzene rings is 1. The van der Waals surface area contributed by atoms with Crippen LogP contribution in [0.5, 0.6) is 0 Å². The minimum Gasteiger partial charge on any atom is -0.447 e. The van der Waals surface area contributed by atoms with Crippen LogP contribution in [0, 0.1) is 0 Å². The summed E-state index contributed by atoms with van der Waals surface area (Å²) in [6.45, 7) is 1.88. The fraction of sp³-hybridized carbons (Fsp3) is 0.316. The van der Waals surface area contributed by atoms with Crippen molar-refractivity contribution in [2.75, 3.05) is 0 Å². The molecule has 0 amide bonds. The molecule has 3 aromatic rings. The van der Waals surface area contributed by atoms with Gasteiger partial charge in [0.15, 0.2) is 11.9 Å². The summed E-state index contributed by atoms with van der Waals surface area (Å²) in [5.74, 6) is -0.360. The Kier molecular flexibility index (Phi) is 5.60. The second kappa shape index (κ2) is 8.07. The molecule has 1 aromatic carbocycles. The van der Waals surface area contributed by atoms with Crippen LogP contribution in [0.1, 0.15) is 31.0 Å². The van der Waals surface area contributed by atoms with Gasteiger partial charge in [-0.2, -0.15) is 5.10 Å². The van der Waals surface area contributed by atoms with Gasteiger partial charge in [-0.15, -0.1) is 0 Å². The molecule has 136 valence electrons. The fourth-order valence-corrected chi connectivity index (χ4v) is 2.83. The summed E-state index contributed by atoms with van der Waals surface area (Å²) in [5.41, 5.74) is 16.3. The number of ether oxygens (including phenoxy) is 1. The van der Waals surface area contributed by atoms with E-state index in [1.807, 2.05) is 42.7 Å². The van der Waals surface area contributed by atoms with Gasteiger partial charge in [0, 0.05) is 30.9 Å². The van der Waals surface area contributed by atoms with E-state index in [1.54, 1.807) is 4.52 Å². The minimum atomic E-state index is -0.567. The highest BCUT2D eigenvalue weighted by atomic mass is 16.5. The van der Waals surface area contributed by atoms with Gasteiger partial charge in [-0.3, -0.25) is 10.5 Å². The molecule has 2 aromatic heterocycles. The normalized spacial score (nSPS) is 12.3. The van der Waals surface area contributed by atoms with Crippen LogP contribution in [0.15, 0.2) is 42.7 Å². The molecule has 0 bridgehead atoms. The Balaban J connectivity index is 1.74. The molecule has 0 saturated carbocycles. The predicted molar refractivity (Wildman–Crippen MR) is 99.0 cm³/mol. The highest BCUT2D eigenvalue weighted by Crippen LogP contribution is 2.24. The van der Waals surface area contributed by atoms with Crippen molar-refractivity contribution in [3.8, 4) is 11.1 Å². The number of esters is 1. The molecular weight excluding hydrogens is 330 g/mol. The summed E-state index contributed by atoms with van der Waals surface area (Å²) in [6.07, 6.45) is 5.29. The van der Waals surface area contributed by atoms with Crippen molar-refractivity contribution in [1.82, 2.24) is 14.6 Å². The Bertz CT molecular complexity index is 889. The number of hydrogen-bond donors (Lipinski definition) is 2. The van der Waals surface area contributed by atoms with Gasteiger partial charge in [0.25, 0.3) is 0 Å². The number of fused-ring (bicyclic) bond motifs is 1. The fourth-order valence-electron chi connectivity index (χ4n) is 2.83. The lowest BCUT2D eigenvalue weighted by atomic mass is 10.1. The Morgan fingerprint density at radius 3 is 2.73 bits per heavy atom. The quantitative estimate of drug-likeness (QED) is 0.497. The van der Waals surface area contributed by atoms with E-state index in [2.05, 4.69) is 5.10 Å². The van der Waals surface area contributed by atoms with Crippen LogP contribution >= 0.6 is 0 Å². The molecule has 3 rings (SSSR count). The first-order chi connectivity index (χ1) is 12.6. The van der Waals surface area contributed by atoms with Crippen LogP contribution in [-0.4, -0.2) is 26.8 Å². The molecule has 0 aliphatic heterocycles. The summed E-state index contributed by atoms with van der Waals surface area (Å²) in [4.78, 5) is 15.6. The number of rotatable bonds is 7. The molecule has 0 aliphatic carbocycles. The molecule has 1 unspecified atom stereocenters. The summed E-state index contributed by atoms with van der Waals surface area (Å²) in [6, 6.07) is 10.0. The van der Waals surface area contributed by atoms with Crippen molar-refractivity contribution in [3.05, 3.63) is 54.0 Å². The summed E-state index contributed by atoms with van der Waals surface area (Å²) < 4.78 is 6.70. The maximum atomic E-state index is 10.9. The SMILES string of the molecule is CC(=O)OC(N)CCCc1ccn2ncc(-c3ccc(CN)cc3)c2n1. The van der Waals surface area contributed by atoms with Crippen molar-refractivity contribution in [2.24, 2.45) is 11.5 Å². The number of nitrogens with two attached hydrogens (primary N) is 2. The predicted octanol–water partition coefficient (Wildman–Crippen LogP) is 2.03. The molecule has 0 aliphatic rings. The van der Waals surface area contributed by atoms with Crippen LogP contribution in [0.4, 0.5) is 0 Å². The third kappa shape index (κ3) is 4.25. The summed E-state index contributed by atoms with van der Waals surface area (Å²) in [7, 11) is 0. The van der Waals surface area contributed by atoms with Gasteiger partial charge in [0.05, 0.1) is 6.20 Å². The minimum absolute atomic E-state index is 0.360. The molecule has 7 heteroatoms. The van der Waals surface area contributed by atoms with Crippen molar-refractivity contribution < 1.29 is 9.53 Å². The van der Waals surface area contributed by atoms with E-state index in [0.717, 1.165) is 40.9 Å². The highest BCUT2D eigenvalue weighted by molar-refractivity contribution is 5.77. The number of carbonyl (C=O) groups is 1. The zero-order valence-electron chi connectivity index (χ0n) is 14.8. The van der Waals surface area contributed by atoms with Crippen LogP contribution in [-0.2, 0) is 22.5 Å². The first-order valence-corrected chi connectivity index (χ1v) is 8.62. The lowest BCUT2D eigenvalue weighted by molar-refractivity contribution is -0.146. The van der Waals surface area contributed by atoms with Crippen LogP contribution in [0.2, 0.25) is 0 Å². The topological polar surface area (TPSA) is 109 Å². The van der Waals surface area contributed by atoms with E-state index in [0.29, 0.717) is 13.0 Å². The summed E-state index contributed by atoms with van der Waals surface area (Å²) in [5, 5.41) is 4.37. The monoisotopic (exact) mass is 353 g/mol. The smallest absolute Gasteiger partial charge is 0.304 e. The molecular formula is C19H23N5O2. The Hall–Kier alpha value is -2.77. The van der Waals surface area contributed by atoms with Crippen molar-refractivity contribution >= 4 is 11.6 Å². The van der Waals surface area contributed by atoms with E-state index < -0.39 is 6.23 Å². The average Bonchev–Trinajstić information content (AvgIpc) is 3.04. The zero-order chi connectivity index (χ0) is 18.5. The lowest BCUT2D eigenvalue weighted by Crippen LogP contribution is -2.26. The molecule has 7 nitrogen and oxygen atoms in total. The van der Waals surface area contributed by atoms with Gasteiger partial charge in [-0.05, 0) is 36.5 Å². The third-order valence-electron chi connectivity index (χ3n) is 4.17. The Morgan fingerprint density at radius 2 is 2.04 bits per heavy atom. The molecule has 26 heavy (non-hydrogen) atoms. The van der Waals surface area contributed by atoms with Crippen LogP contribution < -0.4 is 11.5 Å². The second-order valence-electron chi connectivity index (χ2n) is 6.19. The highest BCUT2D eigenvalue weighted by Gasteiger charge is 2.10. The van der Waals surface area contributed by atoms with Crippen LogP contribution in [0.3, 0.4) is 0 Å². The number of hydrogen-bond acceptors (Lipinski definition) is 6. The molecule has 0 radical (unpaired) electrons. The van der Waals surface area contributed by atoms with E-state index >= 15 is 0 Å². The van der Waals surface area contributed by atoms with E-state index in [9.17, 15) is 4.79 Å². The van der Waals surface area contributed by atoms with E-state index in [1.165, 1.54) is 6.92 Å². The first-order valence-electron chi connectivity index (χ1n) is 8.62. The van der Waals surface area contributed by atoms with Crippen molar-refractivity contribution in [3.63, 3.8) is 0 Å². The molecule has 2 heterocycles. The van der Waals surface area contributed by atoms with E-state index in [-0.39, 0.29) is 5.97 Å². The maximum absolute atomic E-state index is 10.9. The van der Waals surface area contributed by atoms with E-state index in [4.69, 9.17) is 21.2 Å². The zero-order valence-corrected chi connectivity index (χ0v) is 14.8. The van der Waals surface area contributed by atoms with Crippen molar-refractivity contribution in [2.45, 2.75) is 39.0 Å². The number of aryl methyl sites for hydroxylation is 1. The molecule has 0 fully saturated rings. The second-order valence-corrected chi connectivity index (χ2v) is 6.19. The van der Waals surface area contributed by atoms with Crippen molar-refractivity contribution in [1.29, 1.82) is 0 Å². The Labute approximate surface area is 152 Å². The maximum Gasteiger partial charge on any atom is 0.304 e. The molecule has 1 atom stereocenters. The van der Waals surface area contributed by atoms with Gasteiger partial charge in [0.1, 0.15) is 0 Å². The molecule has 4 N–H and O–H groups in total. The Morgan fingerprint density at radius 1 is 1.27 bits per heavy atom. The summed E-state index contributed by atoms with van der Waals surface area (Å²) >= 11 is 0. The first kappa shape index (κ1) is 18.0. The van der Waals surface area contributed by atoms with Gasteiger partial charge in [-0.1, -0.05) is 24.3 Å². The van der Waals surface area contributed by atoms with Gasteiger partial charge in [-0.25, -0.2) is 9.50 Å². The number of nitrogens with zero attached hydrogens (tertiary/aromatic N) is 3. The number of aromatic nitrogens is 3. The molecule has 0 spiro atoms. The largest absolute Gasteiger partial charge is 0.447 e. The molecule has 0 saturated heterocycles. The lowest BCUT2D eigenvalue weighted by Gasteiger charge is -2.11. The standard InChI is InChI=1S/C19H23N5O2/c1-13(25)26-18(21)4-2-3-16-9-10-24-19(23-16)17(12-22-24)15-7-5-14(11-20)6-8-15/h5-10,12,18H,2-4,11,20-21H2,1H3. The van der Waals surface area contributed by atoms with Crippen LogP contribution in [0.25, 0.3) is 16.8 Å². The average molecular weight is 353 g/mol. The van der Waals surface area contributed by atoms with Gasteiger partial charge in [0.2, 0.25) is 0 Å².